The summed E-state index contributed by atoms with van der Waals surface area (Å²) < 4.78 is 32.2. The van der Waals surface area contributed by atoms with E-state index in [-0.39, 0.29) is 64.7 Å². The first-order valence-electron chi connectivity index (χ1n) is 18.5. The average molecular weight is 679 g/mol. The number of carbonyl (C=O) groups is 1. The molecule has 48 heavy (non-hydrogen) atoms. The number of fused-ring (bicyclic) bond motifs is 4. The minimum Gasteiger partial charge on any atom is -0.462 e. The van der Waals surface area contributed by atoms with Crippen LogP contribution < -0.4 is 0 Å². The molecule has 8 rings (SSSR count). The predicted octanol–water partition coefficient (Wildman–Crippen LogP) is 2.66. The minimum atomic E-state index is -1.34. The molecule has 3 heterocycles. The second-order valence-corrected chi connectivity index (χ2v) is 18.9. The summed E-state index contributed by atoms with van der Waals surface area (Å²) in [4.78, 5) is 12.9. The zero-order valence-electron chi connectivity index (χ0n) is 29.8. The number of hydrogen-bond donors (Lipinski definition) is 5. The van der Waals surface area contributed by atoms with Crippen LogP contribution >= 0.6 is 0 Å². The fourth-order valence-electron chi connectivity index (χ4n) is 14.3. The molecule has 8 aliphatic rings. The van der Waals surface area contributed by atoms with E-state index < -0.39 is 65.1 Å². The zero-order chi connectivity index (χ0) is 34.8. The van der Waals surface area contributed by atoms with E-state index in [0.717, 1.165) is 38.5 Å². The van der Waals surface area contributed by atoms with E-state index in [1.807, 2.05) is 0 Å². The molecule has 5 aliphatic carbocycles. The van der Waals surface area contributed by atoms with E-state index in [1.165, 1.54) is 6.92 Å². The maximum absolute atomic E-state index is 12.9. The molecule has 0 aromatic heterocycles. The topological polar surface area (TPSA) is 164 Å². The van der Waals surface area contributed by atoms with Crippen LogP contribution in [0.5, 0.6) is 0 Å². The number of hydrogen-bond acceptors (Lipinski definition) is 11. The van der Waals surface area contributed by atoms with Gasteiger partial charge in [-0.1, -0.05) is 34.6 Å². The summed E-state index contributed by atoms with van der Waals surface area (Å²) in [5.74, 6) is -1.33. The van der Waals surface area contributed by atoms with Crippen molar-refractivity contribution in [1.29, 1.82) is 0 Å². The van der Waals surface area contributed by atoms with E-state index >= 15 is 0 Å². The quantitative estimate of drug-likeness (QED) is 0.219. The van der Waals surface area contributed by atoms with Crippen molar-refractivity contribution in [3.05, 3.63) is 0 Å². The van der Waals surface area contributed by atoms with Crippen molar-refractivity contribution < 1.29 is 54.0 Å². The standard InChI is InChI=1S/C37H58O11/c1-17-13-20-28(32(5,6)43)48-37(47-20)27(17)34(8)24(45-18(2)38)14-36-16-35(36)12-11-23(46-29-26(41)25(40)19(39)15-44-29)31(3,4)21(35)9-10-22(36)33(34,7)30(37)42/h17,19-30,39-43H,9-16H2,1-8H3/t17-,19+,20+,21+,22+,23+,24-,25+,26-,27-,28+,29+,30-,33-,34-,35-,36+,37+/m1/s1. The Hall–Kier alpha value is -0.890. The van der Waals surface area contributed by atoms with Crippen LogP contribution in [0, 0.1) is 50.7 Å². The maximum Gasteiger partial charge on any atom is 0.302 e. The molecule has 3 saturated heterocycles. The van der Waals surface area contributed by atoms with Crippen molar-refractivity contribution >= 4 is 5.97 Å². The molecule has 0 aromatic carbocycles. The molecule has 5 N–H and O–H groups in total. The van der Waals surface area contributed by atoms with Crippen LogP contribution in [0.1, 0.15) is 100 Å². The Bertz CT molecular complexity index is 1350. The fraction of sp³-hybridized carbons (Fsp3) is 0.973. The fourth-order valence-corrected chi connectivity index (χ4v) is 14.3. The highest BCUT2D eigenvalue weighted by Crippen LogP contribution is 2.90. The lowest BCUT2D eigenvalue weighted by Crippen LogP contribution is -2.65. The van der Waals surface area contributed by atoms with Gasteiger partial charge in [0.1, 0.15) is 36.6 Å². The van der Waals surface area contributed by atoms with Gasteiger partial charge in [-0.25, -0.2) is 0 Å². The van der Waals surface area contributed by atoms with Crippen LogP contribution in [0.3, 0.4) is 0 Å². The van der Waals surface area contributed by atoms with Gasteiger partial charge in [0.05, 0.1) is 24.4 Å². The highest BCUT2D eigenvalue weighted by Gasteiger charge is 2.90. The van der Waals surface area contributed by atoms with E-state index in [2.05, 4.69) is 34.6 Å². The lowest BCUT2D eigenvalue weighted by Gasteiger charge is -2.65. The van der Waals surface area contributed by atoms with Crippen LogP contribution in [-0.4, -0.2) is 105 Å². The summed E-state index contributed by atoms with van der Waals surface area (Å²) in [7, 11) is 0. The Kier molecular flexibility index (Phi) is 7.24. The molecule has 0 radical (unpaired) electrons. The molecule has 8 fully saturated rings. The summed E-state index contributed by atoms with van der Waals surface area (Å²) in [5.41, 5.74) is -2.98. The Morgan fingerprint density at radius 2 is 1.58 bits per heavy atom. The molecule has 0 amide bonds. The highest BCUT2D eigenvalue weighted by atomic mass is 16.8. The summed E-state index contributed by atoms with van der Waals surface area (Å²) >= 11 is 0. The van der Waals surface area contributed by atoms with Crippen LogP contribution in [0.4, 0.5) is 0 Å². The number of aliphatic hydroxyl groups excluding tert-OH is 4. The number of aliphatic hydroxyl groups is 5. The van der Waals surface area contributed by atoms with Crippen molar-refractivity contribution in [2.75, 3.05) is 6.61 Å². The minimum absolute atomic E-state index is 0.0317. The molecule has 11 heteroatoms. The molecule has 2 bridgehead atoms. The summed E-state index contributed by atoms with van der Waals surface area (Å²) in [6.07, 6.45) is -1.55. The number of rotatable bonds is 4. The van der Waals surface area contributed by atoms with Crippen molar-refractivity contribution in [3.8, 4) is 0 Å². The van der Waals surface area contributed by atoms with Gasteiger partial charge in [-0.05, 0) is 92.8 Å². The maximum atomic E-state index is 12.9. The predicted molar refractivity (Wildman–Crippen MR) is 170 cm³/mol. The van der Waals surface area contributed by atoms with Gasteiger partial charge in [0.15, 0.2) is 12.1 Å². The van der Waals surface area contributed by atoms with Gasteiger partial charge in [0, 0.05) is 23.7 Å². The molecular weight excluding hydrogens is 620 g/mol. The van der Waals surface area contributed by atoms with Crippen LogP contribution in [-0.2, 0) is 28.5 Å². The number of carbonyl (C=O) groups excluding carboxylic acids is 1. The van der Waals surface area contributed by atoms with Gasteiger partial charge in [-0.2, -0.15) is 0 Å². The molecule has 0 unspecified atom stereocenters. The average Bonchev–Trinajstić information content (AvgIpc) is 3.48. The third-order valence-corrected chi connectivity index (χ3v) is 16.2. The van der Waals surface area contributed by atoms with E-state index in [1.54, 1.807) is 13.8 Å². The molecular formula is C37H58O11. The van der Waals surface area contributed by atoms with Crippen LogP contribution in [0.15, 0.2) is 0 Å². The SMILES string of the molecule is CC(=O)O[C@@H]1C[C@@]23C[C@@]24CC[C@H](O[C@@H]2OC[C@H](O)[C@H](O)[C@H]2O)C(C)(C)[C@@H]4CC[C@H]3[C@]2(C)[C@@H](O)[C@]34O[C@@H](C[C@@H](C)[C@@H]3[C@@]12C)[C@@H](C(C)(C)O)O4. The third kappa shape index (κ3) is 3.90. The lowest BCUT2D eigenvalue weighted by atomic mass is 9.40. The van der Waals surface area contributed by atoms with Crippen LogP contribution in [0.25, 0.3) is 0 Å². The second-order valence-electron chi connectivity index (χ2n) is 18.9. The summed E-state index contributed by atoms with van der Waals surface area (Å²) in [5, 5.41) is 55.0. The molecule has 0 aromatic rings. The van der Waals surface area contributed by atoms with E-state index in [9.17, 15) is 30.3 Å². The Balaban J connectivity index is 1.16. The number of esters is 1. The monoisotopic (exact) mass is 678 g/mol. The van der Waals surface area contributed by atoms with Gasteiger partial charge in [-0.15, -0.1) is 0 Å². The van der Waals surface area contributed by atoms with Gasteiger partial charge < -0.3 is 49.2 Å². The first kappa shape index (κ1) is 34.2. The molecule has 3 spiro atoms. The smallest absolute Gasteiger partial charge is 0.302 e. The molecule has 18 atom stereocenters. The first-order chi connectivity index (χ1) is 22.2. The largest absolute Gasteiger partial charge is 0.462 e. The third-order valence-electron chi connectivity index (χ3n) is 16.2. The Morgan fingerprint density at radius 1 is 0.896 bits per heavy atom. The lowest BCUT2D eigenvalue weighted by molar-refractivity contribution is -0.304. The summed E-state index contributed by atoms with van der Waals surface area (Å²) in [6.45, 7) is 16.0. The highest BCUT2D eigenvalue weighted by molar-refractivity contribution is 5.66. The normalized spacial score (nSPS) is 59.4. The summed E-state index contributed by atoms with van der Waals surface area (Å²) in [6, 6.07) is 0. The molecule has 5 saturated carbocycles. The van der Waals surface area contributed by atoms with Crippen molar-refractivity contribution in [3.63, 3.8) is 0 Å². The molecule has 272 valence electrons. The van der Waals surface area contributed by atoms with E-state index in [0.29, 0.717) is 6.42 Å². The molecule has 11 nitrogen and oxygen atoms in total. The zero-order valence-corrected chi connectivity index (χ0v) is 29.8. The van der Waals surface area contributed by atoms with Gasteiger partial charge in [0.2, 0.25) is 0 Å². The second kappa shape index (κ2) is 10.2. The van der Waals surface area contributed by atoms with Crippen molar-refractivity contribution in [2.24, 2.45) is 50.7 Å². The van der Waals surface area contributed by atoms with Crippen molar-refractivity contribution in [2.45, 2.75) is 167 Å². The van der Waals surface area contributed by atoms with Gasteiger partial charge >= 0.3 is 5.97 Å². The number of ether oxygens (including phenoxy) is 5. The van der Waals surface area contributed by atoms with Gasteiger partial charge in [-0.3, -0.25) is 4.79 Å². The van der Waals surface area contributed by atoms with Gasteiger partial charge in [0.25, 0.3) is 0 Å². The first-order valence-corrected chi connectivity index (χ1v) is 18.5. The molecule has 3 aliphatic heterocycles. The Labute approximate surface area is 284 Å². The Morgan fingerprint density at radius 3 is 2.25 bits per heavy atom. The van der Waals surface area contributed by atoms with Crippen LogP contribution in [0.2, 0.25) is 0 Å². The van der Waals surface area contributed by atoms with E-state index in [4.69, 9.17) is 23.7 Å². The van der Waals surface area contributed by atoms with Crippen molar-refractivity contribution in [1.82, 2.24) is 0 Å².